The van der Waals surface area contributed by atoms with Crippen LogP contribution in [0.5, 0.6) is 5.75 Å². The molecule has 3 rings (SSSR count). The average Bonchev–Trinajstić information content (AvgIpc) is 3.09. The molecule has 0 unspecified atom stereocenters. The SMILES string of the molecule is Cc1ccc(OCc2ccc(F)c(F)c2F)c(Cc2nc(C(=O)[O-])cs2)c1. The molecule has 0 amide bonds. The van der Waals surface area contributed by atoms with Gasteiger partial charge in [0.2, 0.25) is 0 Å². The van der Waals surface area contributed by atoms with Crippen molar-refractivity contribution in [1.82, 2.24) is 4.98 Å². The zero-order chi connectivity index (χ0) is 19.6. The number of carbonyl (C=O) groups excluding carboxylic acids is 1. The van der Waals surface area contributed by atoms with Crippen molar-refractivity contribution in [3.05, 3.63) is 80.6 Å². The Morgan fingerprint density at radius 2 is 1.93 bits per heavy atom. The van der Waals surface area contributed by atoms with Gasteiger partial charge in [-0.2, -0.15) is 0 Å². The van der Waals surface area contributed by atoms with E-state index in [0.717, 1.165) is 17.7 Å². The standard InChI is InChI=1S/C19H14F3NO3S/c1-10-2-5-15(26-8-11-3-4-13(20)18(22)17(11)21)12(6-10)7-16-23-14(9-27-16)19(24)25/h2-6,9H,7-8H2,1H3,(H,24,25)/p-1. The van der Waals surface area contributed by atoms with Crippen molar-refractivity contribution in [1.29, 1.82) is 0 Å². The van der Waals surface area contributed by atoms with E-state index in [1.54, 1.807) is 12.1 Å². The van der Waals surface area contributed by atoms with E-state index in [0.29, 0.717) is 22.7 Å². The number of hydrogen-bond donors (Lipinski definition) is 0. The molecule has 0 radical (unpaired) electrons. The van der Waals surface area contributed by atoms with E-state index in [2.05, 4.69) is 4.98 Å². The van der Waals surface area contributed by atoms with E-state index in [-0.39, 0.29) is 17.9 Å². The number of thiazole rings is 1. The van der Waals surface area contributed by atoms with E-state index in [9.17, 15) is 23.1 Å². The summed E-state index contributed by atoms with van der Waals surface area (Å²) in [5.41, 5.74) is 1.38. The first-order chi connectivity index (χ1) is 12.8. The Balaban J connectivity index is 1.81. The molecule has 0 spiro atoms. The van der Waals surface area contributed by atoms with Gasteiger partial charge in [-0.1, -0.05) is 17.7 Å². The van der Waals surface area contributed by atoms with Crippen LogP contribution in [0.1, 0.15) is 32.2 Å². The van der Waals surface area contributed by atoms with Crippen LogP contribution in [-0.2, 0) is 13.0 Å². The van der Waals surface area contributed by atoms with Crippen molar-refractivity contribution < 1.29 is 27.8 Å². The summed E-state index contributed by atoms with van der Waals surface area (Å²) in [4.78, 5) is 14.8. The summed E-state index contributed by atoms with van der Waals surface area (Å²) in [6.45, 7) is 1.58. The van der Waals surface area contributed by atoms with E-state index >= 15 is 0 Å². The smallest absolute Gasteiger partial charge is 0.194 e. The van der Waals surface area contributed by atoms with Crippen LogP contribution in [0.25, 0.3) is 0 Å². The molecule has 140 valence electrons. The van der Waals surface area contributed by atoms with Crippen molar-refractivity contribution in [2.45, 2.75) is 20.0 Å². The predicted molar refractivity (Wildman–Crippen MR) is 91.1 cm³/mol. The first kappa shape index (κ1) is 18.9. The lowest BCUT2D eigenvalue weighted by atomic mass is 10.1. The van der Waals surface area contributed by atoms with Gasteiger partial charge in [0.15, 0.2) is 17.5 Å². The Morgan fingerprint density at radius 3 is 2.63 bits per heavy atom. The number of halogens is 3. The lowest BCUT2D eigenvalue weighted by molar-refractivity contribution is -0.255. The maximum atomic E-state index is 13.8. The third kappa shape index (κ3) is 4.28. The zero-order valence-corrected chi connectivity index (χ0v) is 14.9. The molecule has 0 saturated heterocycles. The second-order valence-electron chi connectivity index (χ2n) is 5.83. The molecule has 0 N–H and O–H groups in total. The molecule has 3 aromatic rings. The van der Waals surface area contributed by atoms with Gasteiger partial charge in [-0.25, -0.2) is 18.2 Å². The second kappa shape index (κ2) is 7.79. The monoisotopic (exact) mass is 392 g/mol. The number of aromatic carboxylic acids is 1. The van der Waals surface area contributed by atoms with Crippen LogP contribution in [0.15, 0.2) is 35.7 Å². The lowest BCUT2D eigenvalue weighted by Crippen LogP contribution is -2.22. The van der Waals surface area contributed by atoms with Crippen molar-refractivity contribution >= 4 is 17.3 Å². The van der Waals surface area contributed by atoms with Crippen LogP contribution in [-0.4, -0.2) is 11.0 Å². The summed E-state index contributed by atoms with van der Waals surface area (Å²) in [6, 6.07) is 7.25. The molecule has 0 aliphatic rings. The Hall–Kier alpha value is -2.87. The minimum atomic E-state index is -1.54. The number of aryl methyl sites for hydroxylation is 1. The van der Waals surface area contributed by atoms with Gasteiger partial charge < -0.3 is 14.6 Å². The van der Waals surface area contributed by atoms with E-state index < -0.39 is 23.4 Å². The number of aromatic nitrogens is 1. The summed E-state index contributed by atoms with van der Waals surface area (Å²) in [7, 11) is 0. The topological polar surface area (TPSA) is 62.2 Å². The molecule has 2 aromatic carbocycles. The molecule has 8 heteroatoms. The van der Waals surface area contributed by atoms with Crippen LogP contribution in [0.4, 0.5) is 13.2 Å². The minimum Gasteiger partial charge on any atom is -0.543 e. The van der Waals surface area contributed by atoms with Gasteiger partial charge in [0, 0.05) is 22.9 Å². The summed E-state index contributed by atoms with van der Waals surface area (Å²) < 4.78 is 45.8. The first-order valence-electron chi connectivity index (χ1n) is 7.85. The van der Waals surface area contributed by atoms with E-state index in [1.807, 2.05) is 13.0 Å². The van der Waals surface area contributed by atoms with Crippen LogP contribution in [0.3, 0.4) is 0 Å². The summed E-state index contributed by atoms with van der Waals surface area (Å²) in [5, 5.41) is 12.8. The number of nitrogens with zero attached hydrogens (tertiary/aromatic N) is 1. The minimum absolute atomic E-state index is 0.117. The quantitative estimate of drug-likeness (QED) is 0.604. The highest BCUT2D eigenvalue weighted by molar-refractivity contribution is 7.09. The third-order valence-electron chi connectivity index (χ3n) is 3.82. The largest absolute Gasteiger partial charge is 0.543 e. The Kier molecular flexibility index (Phi) is 5.46. The molecular weight excluding hydrogens is 379 g/mol. The maximum absolute atomic E-state index is 13.8. The number of hydrogen-bond acceptors (Lipinski definition) is 5. The highest BCUT2D eigenvalue weighted by Gasteiger charge is 2.15. The number of carboxylic acids is 1. The van der Waals surface area contributed by atoms with Crippen molar-refractivity contribution in [2.75, 3.05) is 0 Å². The highest BCUT2D eigenvalue weighted by Crippen LogP contribution is 2.26. The lowest BCUT2D eigenvalue weighted by Gasteiger charge is -2.12. The number of benzene rings is 2. The van der Waals surface area contributed by atoms with Crippen molar-refractivity contribution in [2.24, 2.45) is 0 Å². The van der Waals surface area contributed by atoms with Crippen LogP contribution in [0.2, 0.25) is 0 Å². The zero-order valence-electron chi connectivity index (χ0n) is 14.1. The normalized spacial score (nSPS) is 10.8. The molecule has 1 aromatic heterocycles. The molecule has 0 atom stereocenters. The summed E-state index contributed by atoms with van der Waals surface area (Å²) in [5.74, 6) is -5.04. The van der Waals surface area contributed by atoms with Crippen LogP contribution < -0.4 is 9.84 Å². The van der Waals surface area contributed by atoms with Gasteiger partial charge in [-0.05, 0) is 25.1 Å². The Morgan fingerprint density at radius 1 is 1.15 bits per heavy atom. The molecule has 27 heavy (non-hydrogen) atoms. The molecule has 0 fully saturated rings. The van der Waals surface area contributed by atoms with Gasteiger partial charge in [-0.3, -0.25) is 0 Å². The Bertz CT molecular complexity index is 1000. The van der Waals surface area contributed by atoms with Crippen molar-refractivity contribution in [3.63, 3.8) is 0 Å². The fraction of sp³-hybridized carbons (Fsp3) is 0.158. The van der Waals surface area contributed by atoms with Gasteiger partial charge in [0.05, 0.1) is 16.7 Å². The van der Waals surface area contributed by atoms with Gasteiger partial charge >= 0.3 is 0 Å². The van der Waals surface area contributed by atoms with Gasteiger partial charge in [-0.15, -0.1) is 11.3 Å². The average molecular weight is 392 g/mol. The fourth-order valence-corrected chi connectivity index (χ4v) is 3.26. The molecule has 0 aliphatic carbocycles. The highest BCUT2D eigenvalue weighted by atomic mass is 32.1. The van der Waals surface area contributed by atoms with Gasteiger partial charge in [0.25, 0.3) is 0 Å². The number of carbonyl (C=O) groups is 1. The number of rotatable bonds is 6. The Labute approximate surface area is 156 Å². The molecule has 1 heterocycles. The predicted octanol–water partition coefficient (Wildman–Crippen LogP) is 3.40. The first-order valence-corrected chi connectivity index (χ1v) is 8.73. The molecule has 4 nitrogen and oxygen atoms in total. The van der Waals surface area contributed by atoms with Gasteiger partial charge in [0.1, 0.15) is 12.4 Å². The molecule has 0 aliphatic heterocycles. The van der Waals surface area contributed by atoms with E-state index in [1.165, 1.54) is 16.7 Å². The molecule has 0 saturated carbocycles. The van der Waals surface area contributed by atoms with Crippen molar-refractivity contribution in [3.8, 4) is 5.75 Å². The van der Waals surface area contributed by atoms with Crippen LogP contribution >= 0.6 is 11.3 Å². The molecular formula is C19H13F3NO3S-. The summed E-state index contributed by atoms with van der Waals surface area (Å²) >= 11 is 1.17. The van der Waals surface area contributed by atoms with Crippen LogP contribution in [0, 0.1) is 24.4 Å². The molecule has 0 bridgehead atoms. The fourth-order valence-electron chi connectivity index (χ4n) is 2.47. The number of ether oxygens (including phenoxy) is 1. The third-order valence-corrected chi connectivity index (χ3v) is 4.67. The maximum Gasteiger partial charge on any atom is 0.194 e. The second-order valence-corrected chi connectivity index (χ2v) is 6.77. The summed E-state index contributed by atoms with van der Waals surface area (Å²) in [6.07, 6.45) is 0.301. The van der Waals surface area contributed by atoms with E-state index in [4.69, 9.17) is 4.74 Å². The number of carboxylic acid groups (broad SMARTS) is 1.